The van der Waals surface area contributed by atoms with Gasteiger partial charge in [0.05, 0.1) is 13.2 Å². The minimum absolute atomic E-state index is 0.542. The summed E-state index contributed by atoms with van der Waals surface area (Å²) >= 11 is 1.81. The van der Waals surface area contributed by atoms with Crippen LogP contribution in [0, 0.1) is 0 Å². The third kappa shape index (κ3) is 3.87. The molecule has 1 aliphatic rings. The molecule has 0 bridgehead atoms. The van der Waals surface area contributed by atoms with Crippen LogP contribution < -0.4 is 5.32 Å². The van der Waals surface area contributed by atoms with Crippen molar-refractivity contribution in [2.45, 2.75) is 19.5 Å². The Balaban J connectivity index is 1.65. The zero-order valence-corrected chi connectivity index (χ0v) is 10.6. The van der Waals surface area contributed by atoms with Gasteiger partial charge in [-0.2, -0.15) is 0 Å². The predicted octanol–water partition coefficient (Wildman–Crippen LogP) is 1.56. The Kier molecular flexibility index (Phi) is 4.78. The summed E-state index contributed by atoms with van der Waals surface area (Å²) in [6.45, 7) is 8.28. The first-order valence-electron chi connectivity index (χ1n) is 5.90. The molecule has 1 saturated heterocycles. The van der Waals surface area contributed by atoms with E-state index in [1.165, 1.54) is 4.88 Å². The summed E-state index contributed by atoms with van der Waals surface area (Å²) in [4.78, 5) is 3.88. The fourth-order valence-corrected chi connectivity index (χ4v) is 2.58. The Bertz CT molecular complexity index is 283. The van der Waals surface area contributed by atoms with Crippen molar-refractivity contribution in [1.29, 1.82) is 0 Å². The van der Waals surface area contributed by atoms with Crippen LogP contribution in [0.25, 0.3) is 0 Å². The van der Waals surface area contributed by atoms with Gasteiger partial charge in [-0.05, 0) is 18.4 Å². The van der Waals surface area contributed by atoms with E-state index in [1.54, 1.807) is 0 Å². The lowest BCUT2D eigenvalue weighted by molar-refractivity contribution is 0.0343. The summed E-state index contributed by atoms with van der Waals surface area (Å²) < 4.78 is 5.34. The fraction of sp³-hybridized carbons (Fsp3) is 0.667. The Morgan fingerprint density at radius 1 is 1.50 bits per heavy atom. The molecule has 1 aromatic heterocycles. The van der Waals surface area contributed by atoms with Crippen LogP contribution >= 0.6 is 11.3 Å². The van der Waals surface area contributed by atoms with E-state index in [9.17, 15) is 0 Å². The molecule has 0 radical (unpaired) electrons. The highest BCUT2D eigenvalue weighted by atomic mass is 32.1. The molecule has 0 saturated carbocycles. The van der Waals surface area contributed by atoms with Crippen molar-refractivity contribution in [3.8, 4) is 0 Å². The van der Waals surface area contributed by atoms with Gasteiger partial charge in [-0.15, -0.1) is 11.3 Å². The maximum atomic E-state index is 5.34. The van der Waals surface area contributed by atoms with Crippen LogP contribution in [-0.2, 0) is 11.3 Å². The molecule has 1 atom stereocenters. The summed E-state index contributed by atoms with van der Waals surface area (Å²) in [6, 6.07) is 4.83. The number of nitrogens with zero attached hydrogens (tertiary/aromatic N) is 1. The van der Waals surface area contributed by atoms with E-state index in [1.807, 2.05) is 11.3 Å². The lowest BCUT2D eigenvalue weighted by Crippen LogP contribution is -2.44. The topological polar surface area (TPSA) is 24.5 Å². The van der Waals surface area contributed by atoms with Gasteiger partial charge in [-0.3, -0.25) is 4.90 Å². The molecule has 90 valence electrons. The van der Waals surface area contributed by atoms with Gasteiger partial charge in [0.2, 0.25) is 0 Å². The van der Waals surface area contributed by atoms with Crippen LogP contribution in [-0.4, -0.2) is 43.8 Å². The number of hydrogen-bond donors (Lipinski definition) is 1. The summed E-state index contributed by atoms with van der Waals surface area (Å²) in [5, 5.41) is 5.69. The molecule has 0 amide bonds. The first-order valence-corrected chi connectivity index (χ1v) is 6.78. The van der Waals surface area contributed by atoms with E-state index < -0.39 is 0 Å². The van der Waals surface area contributed by atoms with Crippen LogP contribution in [0.4, 0.5) is 0 Å². The Morgan fingerprint density at radius 2 is 2.31 bits per heavy atom. The normalized spacial score (nSPS) is 19.8. The molecule has 1 fully saturated rings. The fourth-order valence-electron chi connectivity index (χ4n) is 1.92. The molecule has 1 unspecified atom stereocenters. The SMILES string of the molecule is CC(CN1CCOCC1)NCc1cccs1. The van der Waals surface area contributed by atoms with Crippen molar-refractivity contribution in [2.24, 2.45) is 0 Å². The largest absolute Gasteiger partial charge is 0.379 e. The molecule has 16 heavy (non-hydrogen) atoms. The lowest BCUT2D eigenvalue weighted by atomic mass is 10.3. The van der Waals surface area contributed by atoms with Crippen molar-refractivity contribution in [2.75, 3.05) is 32.8 Å². The highest BCUT2D eigenvalue weighted by Crippen LogP contribution is 2.08. The first-order chi connectivity index (χ1) is 7.84. The second-order valence-corrected chi connectivity index (χ2v) is 5.31. The quantitative estimate of drug-likeness (QED) is 0.845. The van der Waals surface area contributed by atoms with Gasteiger partial charge in [0.15, 0.2) is 0 Å². The molecule has 1 aliphatic heterocycles. The molecule has 0 aromatic carbocycles. The minimum atomic E-state index is 0.542. The van der Waals surface area contributed by atoms with E-state index in [4.69, 9.17) is 4.74 Å². The zero-order chi connectivity index (χ0) is 11.2. The number of hydrogen-bond acceptors (Lipinski definition) is 4. The van der Waals surface area contributed by atoms with Crippen LogP contribution in [0.1, 0.15) is 11.8 Å². The van der Waals surface area contributed by atoms with Gasteiger partial charge in [0.1, 0.15) is 0 Å². The molecule has 4 heteroatoms. The van der Waals surface area contributed by atoms with Gasteiger partial charge in [0, 0.05) is 37.1 Å². The number of morpholine rings is 1. The molecule has 0 aliphatic carbocycles. The maximum Gasteiger partial charge on any atom is 0.0594 e. The molecular formula is C12H20N2OS. The smallest absolute Gasteiger partial charge is 0.0594 e. The Labute approximate surface area is 101 Å². The van der Waals surface area contributed by atoms with Crippen molar-refractivity contribution < 1.29 is 4.74 Å². The molecule has 2 rings (SSSR count). The second kappa shape index (κ2) is 6.35. The molecular weight excluding hydrogens is 220 g/mol. The highest BCUT2D eigenvalue weighted by Gasteiger charge is 2.13. The average Bonchev–Trinajstić information content (AvgIpc) is 2.81. The average molecular weight is 240 g/mol. The van der Waals surface area contributed by atoms with Crippen LogP contribution in [0.15, 0.2) is 17.5 Å². The van der Waals surface area contributed by atoms with Crippen molar-refractivity contribution >= 4 is 11.3 Å². The van der Waals surface area contributed by atoms with E-state index in [0.29, 0.717) is 6.04 Å². The summed E-state index contributed by atoms with van der Waals surface area (Å²) in [5.41, 5.74) is 0. The van der Waals surface area contributed by atoms with Gasteiger partial charge in [0.25, 0.3) is 0 Å². The number of ether oxygens (including phenoxy) is 1. The Morgan fingerprint density at radius 3 is 3.00 bits per heavy atom. The van der Waals surface area contributed by atoms with Crippen molar-refractivity contribution in [3.63, 3.8) is 0 Å². The summed E-state index contributed by atoms with van der Waals surface area (Å²) in [6.07, 6.45) is 0. The summed E-state index contributed by atoms with van der Waals surface area (Å²) in [7, 11) is 0. The lowest BCUT2D eigenvalue weighted by Gasteiger charge is -2.29. The minimum Gasteiger partial charge on any atom is -0.379 e. The second-order valence-electron chi connectivity index (χ2n) is 4.27. The number of thiophene rings is 1. The monoisotopic (exact) mass is 240 g/mol. The number of rotatable bonds is 5. The third-order valence-electron chi connectivity index (χ3n) is 2.84. The van der Waals surface area contributed by atoms with Gasteiger partial charge in [-0.1, -0.05) is 6.07 Å². The molecule has 1 N–H and O–H groups in total. The van der Waals surface area contributed by atoms with Crippen LogP contribution in [0.3, 0.4) is 0 Å². The van der Waals surface area contributed by atoms with Gasteiger partial charge in [-0.25, -0.2) is 0 Å². The van der Waals surface area contributed by atoms with E-state index >= 15 is 0 Å². The predicted molar refractivity (Wildman–Crippen MR) is 67.9 cm³/mol. The van der Waals surface area contributed by atoms with Crippen molar-refractivity contribution in [3.05, 3.63) is 22.4 Å². The van der Waals surface area contributed by atoms with Gasteiger partial charge < -0.3 is 10.1 Å². The van der Waals surface area contributed by atoms with Crippen LogP contribution in [0.5, 0.6) is 0 Å². The van der Waals surface area contributed by atoms with Crippen LogP contribution in [0.2, 0.25) is 0 Å². The molecule has 1 aromatic rings. The van der Waals surface area contributed by atoms with E-state index in [2.05, 4.69) is 34.7 Å². The van der Waals surface area contributed by atoms with Crippen molar-refractivity contribution in [1.82, 2.24) is 10.2 Å². The van der Waals surface area contributed by atoms with Gasteiger partial charge >= 0.3 is 0 Å². The maximum absolute atomic E-state index is 5.34. The van der Waals surface area contributed by atoms with E-state index in [0.717, 1.165) is 39.4 Å². The zero-order valence-electron chi connectivity index (χ0n) is 9.82. The van der Waals surface area contributed by atoms with E-state index in [-0.39, 0.29) is 0 Å². The number of nitrogens with one attached hydrogen (secondary N) is 1. The standard InChI is InChI=1S/C12H20N2OS/c1-11(10-14-4-6-15-7-5-14)13-9-12-3-2-8-16-12/h2-3,8,11,13H,4-7,9-10H2,1H3. The third-order valence-corrected chi connectivity index (χ3v) is 3.72. The highest BCUT2D eigenvalue weighted by molar-refractivity contribution is 7.09. The molecule has 3 nitrogen and oxygen atoms in total. The molecule has 0 spiro atoms. The first kappa shape index (κ1) is 12.0. The molecule has 2 heterocycles. The Hall–Kier alpha value is -0.420. The summed E-state index contributed by atoms with van der Waals surface area (Å²) in [5.74, 6) is 0.